The van der Waals surface area contributed by atoms with E-state index in [0.29, 0.717) is 24.4 Å². The Morgan fingerprint density at radius 2 is 2.16 bits per heavy atom. The summed E-state index contributed by atoms with van der Waals surface area (Å²) in [6.07, 6.45) is 1.49. The van der Waals surface area contributed by atoms with Crippen LogP contribution < -0.4 is 15.1 Å². The van der Waals surface area contributed by atoms with Crippen LogP contribution in [-0.4, -0.2) is 59.9 Å². The zero-order valence-corrected chi connectivity index (χ0v) is 11.8. The Morgan fingerprint density at radius 1 is 1.37 bits per heavy atom. The maximum atomic E-state index is 9.61. The van der Waals surface area contributed by atoms with E-state index in [4.69, 9.17) is 0 Å². The zero-order chi connectivity index (χ0) is 13.8. The summed E-state index contributed by atoms with van der Waals surface area (Å²) in [4.78, 5) is 17.1. The number of anilines is 3. The minimum absolute atomic E-state index is 0.286. The molecule has 2 N–H and O–H groups in total. The molecule has 7 heteroatoms. The maximum Gasteiger partial charge on any atom is 0.232 e. The highest BCUT2D eigenvalue weighted by atomic mass is 16.3. The fraction of sp³-hybridized carbons (Fsp3) is 0.750. The molecule has 1 aromatic rings. The molecule has 1 atom stereocenters. The van der Waals surface area contributed by atoms with Crippen molar-refractivity contribution >= 4 is 17.8 Å². The van der Waals surface area contributed by atoms with Gasteiger partial charge in [0.1, 0.15) is 0 Å². The van der Waals surface area contributed by atoms with Gasteiger partial charge in [-0.15, -0.1) is 0 Å². The molecule has 106 valence electrons. The Bertz CT molecular complexity index is 425. The lowest BCUT2D eigenvalue weighted by atomic mass is 10.3. The predicted octanol–water partition coefficient (Wildman–Crippen LogP) is 0.330. The van der Waals surface area contributed by atoms with E-state index in [1.807, 2.05) is 23.9 Å². The fourth-order valence-corrected chi connectivity index (χ4v) is 1.93. The van der Waals surface area contributed by atoms with Crippen LogP contribution in [0.5, 0.6) is 0 Å². The van der Waals surface area contributed by atoms with E-state index in [9.17, 15) is 5.11 Å². The number of nitrogens with zero attached hydrogens (tertiary/aromatic N) is 5. The van der Waals surface area contributed by atoms with Gasteiger partial charge in [0, 0.05) is 33.7 Å². The molecule has 2 heterocycles. The molecule has 0 aromatic carbocycles. The molecule has 19 heavy (non-hydrogen) atoms. The van der Waals surface area contributed by atoms with Gasteiger partial charge in [-0.3, -0.25) is 0 Å². The number of aliphatic hydroxyl groups excluding tert-OH is 1. The molecule has 0 radical (unpaired) electrons. The van der Waals surface area contributed by atoms with Crippen molar-refractivity contribution in [3.63, 3.8) is 0 Å². The summed E-state index contributed by atoms with van der Waals surface area (Å²) in [6, 6.07) is 0. The van der Waals surface area contributed by atoms with E-state index in [2.05, 4.69) is 27.2 Å². The van der Waals surface area contributed by atoms with Crippen molar-refractivity contribution in [3.8, 4) is 0 Å². The highest BCUT2D eigenvalue weighted by Gasteiger charge is 2.23. The van der Waals surface area contributed by atoms with Gasteiger partial charge in [-0.2, -0.15) is 15.0 Å². The zero-order valence-electron chi connectivity index (χ0n) is 11.8. The summed E-state index contributed by atoms with van der Waals surface area (Å²) in [5, 5.41) is 12.8. The summed E-state index contributed by atoms with van der Waals surface area (Å²) >= 11 is 0. The summed E-state index contributed by atoms with van der Waals surface area (Å²) in [7, 11) is 3.81. The van der Waals surface area contributed by atoms with Gasteiger partial charge < -0.3 is 20.2 Å². The van der Waals surface area contributed by atoms with Gasteiger partial charge in [-0.25, -0.2) is 0 Å². The molecule has 0 bridgehead atoms. The molecule has 0 amide bonds. The first kappa shape index (κ1) is 13.8. The largest absolute Gasteiger partial charge is 0.391 e. The van der Waals surface area contributed by atoms with Crippen LogP contribution in [0.1, 0.15) is 19.8 Å². The highest BCUT2D eigenvalue weighted by Crippen LogP contribution is 2.19. The Morgan fingerprint density at radius 3 is 2.74 bits per heavy atom. The van der Waals surface area contributed by atoms with Crippen LogP contribution in [0, 0.1) is 0 Å². The first-order valence-electron chi connectivity index (χ1n) is 6.70. The van der Waals surface area contributed by atoms with E-state index < -0.39 is 0 Å². The molecule has 7 nitrogen and oxygen atoms in total. The lowest BCUT2D eigenvalue weighted by Gasteiger charge is -2.19. The third-order valence-corrected chi connectivity index (χ3v) is 2.99. The summed E-state index contributed by atoms with van der Waals surface area (Å²) in [5.41, 5.74) is 0. The number of β-amino-alcohol motifs (C(OH)–C–C–N with tert-alkyl or cyclic N) is 1. The minimum atomic E-state index is -0.286. The second-order valence-corrected chi connectivity index (χ2v) is 4.97. The molecule has 0 spiro atoms. The first-order chi connectivity index (χ1) is 9.10. The van der Waals surface area contributed by atoms with Crippen LogP contribution >= 0.6 is 0 Å². The van der Waals surface area contributed by atoms with Crippen molar-refractivity contribution in [1.82, 2.24) is 15.0 Å². The van der Waals surface area contributed by atoms with E-state index in [1.165, 1.54) is 0 Å². The van der Waals surface area contributed by atoms with E-state index >= 15 is 0 Å². The van der Waals surface area contributed by atoms with Crippen molar-refractivity contribution in [3.05, 3.63) is 0 Å². The molecule has 1 aliphatic rings. The van der Waals surface area contributed by atoms with Crippen molar-refractivity contribution in [2.45, 2.75) is 25.9 Å². The molecular formula is C12H22N6O. The van der Waals surface area contributed by atoms with Crippen molar-refractivity contribution in [1.29, 1.82) is 0 Å². The summed E-state index contributed by atoms with van der Waals surface area (Å²) < 4.78 is 0. The standard InChI is InChI=1S/C12H22N6O/c1-4-6-13-10-14-11(17(2)3)16-12(15-10)18-7-5-9(19)8-18/h9,19H,4-8H2,1-3H3,(H,13,14,15,16). The van der Waals surface area contributed by atoms with Crippen LogP contribution in [0.4, 0.5) is 17.8 Å². The van der Waals surface area contributed by atoms with Crippen molar-refractivity contribution in [2.75, 3.05) is 48.8 Å². The minimum Gasteiger partial charge on any atom is -0.391 e. The molecule has 1 fully saturated rings. The number of hydrogen-bond donors (Lipinski definition) is 2. The SMILES string of the molecule is CCCNc1nc(N(C)C)nc(N2CCC(O)C2)n1. The Balaban J connectivity index is 2.23. The fourth-order valence-electron chi connectivity index (χ4n) is 1.93. The van der Waals surface area contributed by atoms with Gasteiger partial charge in [0.15, 0.2) is 0 Å². The van der Waals surface area contributed by atoms with Crippen LogP contribution in [-0.2, 0) is 0 Å². The lowest BCUT2D eigenvalue weighted by molar-refractivity contribution is 0.198. The maximum absolute atomic E-state index is 9.61. The topological polar surface area (TPSA) is 77.4 Å². The third-order valence-electron chi connectivity index (χ3n) is 2.99. The third kappa shape index (κ3) is 3.44. The predicted molar refractivity (Wildman–Crippen MR) is 75.8 cm³/mol. The molecule has 2 rings (SSSR count). The smallest absolute Gasteiger partial charge is 0.232 e. The van der Waals surface area contributed by atoms with Crippen LogP contribution in [0.15, 0.2) is 0 Å². The van der Waals surface area contributed by atoms with Gasteiger partial charge in [0.05, 0.1) is 6.10 Å². The van der Waals surface area contributed by atoms with E-state index in [1.54, 1.807) is 0 Å². The molecule has 0 saturated carbocycles. The molecular weight excluding hydrogens is 244 g/mol. The summed E-state index contributed by atoms with van der Waals surface area (Å²) in [6.45, 7) is 4.30. The van der Waals surface area contributed by atoms with Gasteiger partial charge in [0.2, 0.25) is 17.8 Å². The van der Waals surface area contributed by atoms with Crippen LogP contribution in [0.25, 0.3) is 0 Å². The number of rotatable bonds is 5. The molecule has 1 aliphatic heterocycles. The van der Waals surface area contributed by atoms with E-state index in [-0.39, 0.29) is 6.10 Å². The molecule has 1 unspecified atom stereocenters. The van der Waals surface area contributed by atoms with Gasteiger partial charge in [-0.1, -0.05) is 6.92 Å². The average molecular weight is 266 g/mol. The number of aliphatic hydroxyl groups is 1. The molecule has 1 aromatic heterocycles. The Labute approximate surface area is 113 Å². The van der Waals surface area contributed by atoms with Crippen LogP contribution in [0.2, 0.25) is 0 Å². The monoisotopic (exact) mass is 266 g/mol. The average Bonchev–Trinajstić information content (AvgIpc) is 2.82. The second kappa shape index (κ2) is 6.01. The first-order valence-corrected chi connectivity index (χ1v) is 6.70. The quantitative estimate of drug-likeness (QED) is 0.795. The number of aromatic nitrogens is 3. The van der Waals surface area contributed by atoms with Gasteiger partial charge in [-0.05, 0) is 12.8 Å². The second-order valence-electron chi connectivity index (χ2n) is 4.97. The van der Waals surface area contributed by atoms with Crippen LogP contribution in [0.3, 0.4) is 0 Å². The van der Waals surface area contributed by atoms with E-state index in [0.717, 1.165) is 25.9 Å². The Hall–Kier alpha value is -1.63. The molecule has 0 aliphatic carbocycles. The molecule has 1 saturated heterocycles. The normalized spacial score (nSPS) is 18.7. The number of nitrogens with one attached hydrogen (secondary N) is 1. The Kier molecular flexibility index (Phi) is 4.36. The number of hydrogen-bond acceptors (Lipinski definition) is 7. The lowest BCUT2D eigenvalue weighted by Crippen LogP contribution is -2.25. The van der Waals surface area contributed by atoms with Gasteiger partial charge in [0.25, 0.3) is 0 Å². The van der Waals surface area contributed by atoms with Crippen molar-refractivity contribution in [2.24, 2.45) is 0 Å². The van der Waals surface area contributed by atoms with Crippen molar-refractivity contribution < 1.29 is 5.11 Å². The van der Waals surface area contributed by atoms with Gasteiger partial charge >= 0.3 is 0 Å². The highest BCUT2D eigenvalue weighted by molar-refractivity contribution is 5.45. The summed E-state index contributed by atoms with van der Waals surface area (Å²) in [5.74, 6) is 1.86.